The zero-order valence-electron chi connectivity index (χ0n) is 10.8. The van der Waals surface area contributed by atoms with Crippen LogP contribution in [0.5, 0.6) is 0 Å². The first kappa shape index (κ1) is 15.8. The van der Waals surface area contributed by atoms with E-state index in [1.54, 1.807) is 0 Å². The quantitative estimate of drug-likeness (QED) is 0.349. The van der Waals surface area contributed by atoms with Gasteiger partial charge in [-0.15, -0.1) is 0 Å². The Kier molecular flexibility index (Phi) is 7.06. The van der Waals surface area contributed by atoms with Crippen molar-refractivity contribution in [1.29, 1.82) is 0 Å². The van der Waals surface area contributed by atoms with Gasteiger partial charge in [-0.25, -0.2) is 0 Å². The Morgan fingerprint density at radius 2 is 1.67 bits per heavy atom. The summed E-state index contributed by atoms with van der Waals surface area (Å²) >= 11 is 0. The Morgan fingerprint density at radius 3 is 2.28 bits per heavy atom. The van der Waals surface area contributed by atoms with Crippen LogP contribution in [-0.2, 0) is 0 Å². The number of aliphatic hydroxyl groups excluding tert-OH is 4. The summed E-state index contributed by atoms with van der Waals surface area (Å²) in [5.41, 5.74) is 5.41. The molecule has 0 amide bonds. The Labute approximate surface area is 108 Å². The van der Waals surface area contributed by atoms with Crippen LogP contribution in [0.25, 0.3) is 0 Å². The second-order valence-electron chi connectivity index (χ2n) is 5.00. The SMILES string of the molecule is NCCCCCCN1C[C@H](O)[C@@H](O)[C@@H](O)[C@H]1CO. The van der Waals surface area contributed by atoms with Crippen molar-refractivity contribution in [2.75, 3.05) is 26.2 Å². The lowest BCUT2D eigenvalue weighted by Gasteiger charge is -2.43. The van der Waals surface area contributed by atoms with Gasteiger partial charge in [0.15, 0.2) is 0 Å². The maximum atomic E-state index is 9.79. The standard InChI is InChI=1S/C12H26N2O4/c13-5-3-1-2-4-6-14-7-10(16)12(18)11(17)9(14)8-15/h9-12,15-18H,1-8,13H2/t9-,10+,11+,12-/m1/s1. The molecule has 1 aliphatic heterocycles. The summed E-state index contributed by atoms with van der Waals surface area (Å²) in [4.78, 5) is 1.85. The molecule has 6 nitrogen and oxygen atoms in total. The summed E-state index contributed by atoms with van der Waals surface area (Å²) in [5.74, 6) is 0. The van der Waals surface area contributed by atoms with E-state index in [4.69, 9.17) is 5.73 Å². The van der Waals surface area contributed by atoms with E-state index in [0.717, 1.165) is 25.7 Å². The molecule has 0 aromatic heterocycles. The van der Waals surface area contributed by atoms with Crippen LogP contribution in [0.15, 0.2) is 0 Å². The van der Waals surface area contributed by atoms with Gasteiger partial charge in [-0.3, -0.25) is 4.90 Å². The molecule has 6 N–H and O–H groups in total. The summed E-state index contributed by atoms with van der Waals surface area (Å²) in [7, 11) is 0. The van der Waals surface area contributed by atoms with Crippen LogP contribution < -0.4 is 5.73 Å². The first-order valence-corrected chi connectivity index (χ1v) is 6.71. The van der Waals surface area contributed by atoms with Gasteiger partial charge < -0.3 is 26.2 Å². The molecule has 6 heteroatoms. The lowest BCUT2D eigenvalue weighted by molar-refractivity contribution is -0.145. The van der Waals surface area contributed by atoms with Gasteiger partial charge in [0.1, 0.15) is 12.2 Å². The minimum absolute atomic E-state index is 0.215. The summed E-state index contributed by atoms with van der Waals surface area (Å²) in [5, 5.41) is 38.2. The molecule has 0 unspecified atom stereocenters. The van der Waals surface area contributed by atoms with E-state index < -0.39 is 24.4 Å². The third-order valence-electron chi connectivity index (χ3n) is 3.62. The second kappa shape index (κ2) is 8.04. The molecule has 0 aromatic carbocycles. The topological polar surface area (TPSA) is 110 Å². The smallest absolute Gasteiger partial charge is 0.109 e. The molecule has 4 atom stereocenters. The Morgan fingerprint density at radius 1 is 1.00 bits per heavy atom. The molecule has 1 aliphatic rings. The highest BCUT2D eigenvalue weighted by Gasteiger charge is 2.40. The molecule has 0 aliphatic carbocycles. The summed E-state index contributed by atoms with van der Waals surface area (Å²) < 4.78 is 0. The molecule has 1 fully saturated rings. The van der Waals surface area contributed by atoms with Gasteiger partial charge >= 0.3 is 0 Å². The average Bonchev–Trinajstić information content (AvgIpc) is 2.36. The molecular weight excluding hydrogens is 236 g/mol. The first-order chi connectivity index (χ1) is 8.61. The van der Waals surface area contributed by atoms with Crippen LogP contribution in [0.1, 0.15) is 25.7 Å². The highest BCUT2D eigenvalue weighted by atomic mass is 16.4. The molecule has 108 valence electrons. The van der Waals surface area contributed by atoms with Crippen LogP contribution in [0.3, 0.4) is 0 Å². The van der Waals surface area contributed by atoms with E-state index in [-0.39, 0.29) is 6.61 Å². The van der Waals surface area contributed by atoms with Crippen molar-refractivity contribution in [3.63, 3.8) is 0 Å². The van der Waals surface area contributed by atoms with Crippen LogP contribution in [0.2, 0.25) is 0 Å². The van der Waals surface area contributed by atoms with E-state index in [2.05, 4.69) is 0 Å². The van der Waals surface area contributed by atoms with E-state index in [0.29, 0.717) is 19.6 Å². The fourth-order valence-corrected chi connectivity index (χ4v) is 2.45. The van der Waals surface area contributed by atoms with Crippen LogP contribution in [-0.4, -0.2) is 75.9 Å². The fraction of sp³-hybridized carbons (Fsp3) is 1.00. The van der Waals surface area contributed by atoms with Crippen molar-refractivity contribution >= 4 is 0 Å². The number of β-amino-alcohol motifs (C(OH)–C–C–N with tert-alkyl or cyclic N) is 1. The molecule has 0 aromatic rings. The largest absolute Gasteiger partial charge is 0.395 e. The van der Waals surface area contributed by atoms with Gasteiger partial charge in [0.2, 0.25) is 0 Å². The second-order valence-corrected chi connectivity index (χ2v) is 5.00. The molecule has 1 heterocycles. The van der Waals surface area contributed by atoms with Crippen LogP contribution in [0.4, 0.5) is 0 Å². The number of nitrogens with two attached hydrogens (primary N) is 1. The van der Waals surface area contributed by atoms with E-state index >= 15 is 0 Å². The normalized spacial score (nSPS) is 33.8. The number of nitrogens with zero attached hydrogens (tertiary/aromatic N) is 1. The maximum absolute atomic E-state index is 9.79. The van der Waals surface area contributed by atoms with E-state index in [9.17, 15) is 20.4 Å². The summed E-state index contributed by atoms with van der Waals surface area (Å²) in [6.45, 7) is 1.48. The summed E-state index contributed by atoms with van der Waals surface area (Å²) in [6.07, 6.45) is 0.840. The van der Waals surface area contributed by atoms with Crippen molar-refractivity contribution in [3.05, 3.63) is 0 Å². The first-order valence-electron chi connectivity index (χ1n) is 6.71. The minimum Gasteiger partial charge on any atom is -0.395 e. The molecule has 0 radical (unpaired) electrons. The van der Waals surface area contributed by atoms with Crippen molar-refractivity contribution < 1.29 is 20.4 Å². The number of hydrogen-bond acceptors (Lipinski definition) is 6. The molecule has 1 saturated heterocycles. The van der Waals surface area contributed by atoms with Gasteiger partial charge in [0, 0.05) is 6.54 Å². The van der Waals surface area contributed by atoms with Gasteiger partial charge in [-0.05, 0) is 25.9 Å². The fourth-order valence-electron chi connectivity index (χ4n) is 2.45. The molecular formula is C12H26N2O4. The van der Waals surface area contributed by atoms with Crippen LogP contribution >= 0.6 is 0 Å². The van der Waals surface area contributed by atoms with Gasteiger partial charge in [0.25, 0.3) is 0 Å². The summed E-state index contributed by atoms with van der Waals surface area (Å²) in [6, 6.07) is -0.488. The predicted octanol–water partition coefficient (Wildman–Crippen LogP) is -1.74. The van der Waals surface area contributed by atoms with Gasteiger partial charge in [0.05, 0.1) is 18.8 Å². The molecule has 0 bridgehead atoms. The Bertz CT molecular complexity index is 230. The number of hydrogen-bond donors (Lipinski definition) is 5. The average molecular weight is 262 g/mol. The third kappa shape index (κ3) is 4.15. The predicted molar refractivity (Wildman–Crippen MR) is 68.0 cm³/mol. The monoisotopic (exact) mass is 262 g/mol. The van der Waals surface area contributed by atoms with Gasteiger partial charge in [-0.1, -0.05) is 12.8 Å². The zero-order chi connectivity index (χ0) is 13.5. The molecule has 1 rings (SSSR count). The zero-order valence-corrected chi connectivity index (χ0v) is 10.8. The molecule has 0 spiro atoms. The molecule has 18 heavy (non-hydrogen) atoms. The van der Waals surface area contributed by atoms with Gasteiger partial charge in [-0.2, -0.15) is 0 Å². The molecule has 0 saturated carbocycles. The van der Waals surface area contributed by atoms with E-state index in [1.165, 1.54) is 0 Å². The van der Waals surface area contributed by atoms with Crippen molar-refractivity contribution in [2.45, 2.75) is 50.0 Å². The van der Waals surface area contributed by atoms with Crippen molar-refractivity contribution in [2.24, 2.45) is 5.73 Å². The number of piperidine rings is 1. The minimum atomic E-state index is -1.17. The lowest BCUT2D eigenvalue weighted by atomic mass is 9.94. The number of rotatable bonds is 7. The Hall–Kier alpha value is -0.240. The third-order valence-corrected chi connectivity index (χ3v) is 3.62. The maximum Gasteiger partial charge on any atom is 0.109 e. The number of aliphatic hydroxyl groups is 4. The highest BCUT2D eigenvalue weighted by Crippen LogP contribution is 2.19. The number of likely N-dealkylation sites (tertiary alicyclic amines) is 1. The Balaban J connectivity index is 2.37. The van der Waals surface area contributed by atoms with Crippen LogP contribution in [0, 0.1) is 0 Å². The van der Waals surface area contributed by atoms with Crippen molar-refractivity contribution in [3.8, 4) is 0 Å². The lowest BCUT2D eigenvalue weighted by Crippen LogP contribution is -2.62. The van der Waals surface area contributed by atoms with Crippen molar-refractivity contribution in [1.82, 2.24) is 4.90 Å². The number of unbranched alkanes of at least 4 members (excludes halogenated alkanes) is 3. The highest BCUT2D eigenvalue weighted by molar-refractivity contribution is 4.93. The van der Waals surface area contributed by atoms with E-state index in [1.807, 2.05) is 4.90 Å².